The van der Waals surface area contributed by atoms with Crippen LogP contribution in [0.5, 0.6) is 0 Å². The SMILES string of the molecule is Fc1cccc(C2Cc3ccccc3CO2)c1. The zero-order valence-electron chi connectivity index (χ0n) is 9.40. The van der Waals surface area contributed by atoms with E-state index in [1.807, 2.05) is 18.2 Å². The normalized spacial score (nSPS) is 18.8. The summed E-state index contributed by atoms with van der Waals surface area (Å²) in [4.78, 5) is 0. The summed E-state index contributed by atoms with van der Waals surface area (Å²) >= 11 is 0. The van der Waals surface area contributed by atoms with Crippen LogP contribution in [0.15, 0.2) is 48.5 Å². The van der Waals surface area contributed by atoms with Crippen LogP contribution >= 0.6 is 0 Å². The molecule has 86 valence electrons. The topological polar surface area (TPSA) is 9.23 Å². The van der Waals surface area contributed by atoms with E-state index in [0.29, 0.717) is 6.61 Å². The predicted molar refractivity (Wildman–Crippen MR) is 64.1 cm³/mol. The van der Waals surface area contributed by atoms with Gasteiger partial charge in [0.1, 0.15) is 5.82 Å². The molecule has 0 aliphatic carbocycles. The second-order valence-electron chi connectivity index (χ2n) is 4.33. The molecule has 0 bridgehead atoms. The van der Waals surface area contributed by atoms with Gasteiger partial charge in [-0.2, -0.15) is 0 Å². The maximum absolute atomic E-state index is 13.2. The molecule has 17 heavy (non-hydrogen) atoms. The fourth-order valence-electron chi connectivity index (χ4n) is 2.27. The first kappa shape index (κ1) is 10.5. The van der Waals surface area contributed by atoms with Crippen molar-refractivity contribution < 1.29 is 9.13 Å². The minimum atomic E-state index is -0.204. The Kier molecular flexibility index (Phi) is 2.65. The van der Waals surface area contributed by atoms with E-state index in [1.165, 1.54) is 17.2 Å². The molecule has 1 heterocycles. The molecule has 1 aliphatic rings. The summed E-state index contributed by atoms with van der Waals surface area (Å²) < 4.78 is 18.9. The summed E-state index contributed by atoms with van der Waals surface area (Å²) in [6, 6.07) is 14.9. The van der Waals surface area contributed by atoms with Crippen molar-refractivity contribution in [3.05, 3.63) is 71.0 Å². The molecule has 0 radical (unpaired) electrons. The number of hydrogen-bond acceptors (Lipinski definition) is 1. The summed E-state index contributed by atoms with van der Waals surface area (Å²) in [6.45, 7) is 0.608. The van der Waals surface area contributed by atoms with Crippen molar-refractivity contribution in [2.75, 3.05) is 0 Å². The lowest BCUT2D eigenvalue weighted by Gasteiger charge is -2.25. The molecule has 1 nitrogen and oxygen atoms in total. The lowest BCUT2D eigenvalue weighted by Crippen LogP contribution is -2.15. The van der Waals surface area contributed by atoms with Crippen LogP contribution < -0.4 is 0 Å². The van der Waals surface area contributed by atoms with Gasteiger partial charge in [-0.15, -0.1) is 0 Å². The molecule has 0 spiro atoms. The molecular formula is C15H13FO. The molecule has 1 aliphatic heterocycles. The fraction of sp³-hybridized carbons (Fsp3) is 0.200. The second-order valence-corrected chi connectivity index (χ2v) is 4.33. The Morgan fingerprint density at radius 3 is 2.65 bits per heavy atom. The maximum atomic E-state index is 13.2. The first-order valence-electron chi connectivity index (χ1n) is 5.77. The summed E-state index contributed by atoms with van der Waals surface area (Å²) in [5.74, 6) is -0.204. The molecule has 2 heteroatoms. The molecule has 2 aromatic carbocycles. The Labute approximate surface area is 99.9 Å². The number of hydrogen-bond donors (Lipinski definition) is 0. The van der Waals surface area contributed by atoms with Gasteiger partial charge in [-0.25, -0.2) is 4.39 Å². The van der Waals surface area contributed by atoms with E-state index in [4.69, 9.17) is 4.74 Å². The van der Waals surface area contributed by atoms with Crippen molar-refractivity contribution in [2.45, 2.75) is 19.1 Å². The highest BCUT2D eigenvalue weighted by Gasteiger charge is 2.20. The molecule has 3 rings (SSSR count). The van der Waals surface area contributed by atoms with Gasteiger partial charge in [-0.1, -0.05) is 36.4 Å². The number of ether oxygens (including phenoxy) is 1. The number of halogens is 1. The number of fused-ring (bicyclic) bond motifs is 1. The Hall–Kier alpha value is -1.67. The van der Waals surface area contributed by atoms with Crippen LogP contribution in [0.2, 0.25) is 0 Å². The van der Waals surface area contributed by atoms with Crippen LogP contribution in [0.3, 0.4) is 0 Å². The zero-order chi connectivity index (χ0) is 11.7. The first-order valence-corrected chi connectivity index (χ1v) is 5.77. The van der Waals surface area contributed by atoms with Crippen molar-refractivity contribution in [1.29, 1.82) is 0 Å². The zero-order valence-corrected chi connectivity index (χ0v) is 9.40. The van der Waals surface area contributed by atoms with Gasteiger partial charge in [-0.3, -0.25) is 0 Å². The molecule has 0 saturated carbocycles. The molecule has 0 saturated heterocycles. The highest BCUT2D eigenvalue weighted by Crippen LogP contribution is 2.30. The molecule has 0 aromatic heterocycles. The van der Waals surface area contributed by atoms with Crippen LogP contribution in [-0.4, -0.2) is 0 Å². The molecule has 1 unspecified atom stereocenters. The van der Waals surface area contributed by atoms with Gasteiger partial charge < -0.3 is 4.74 Å². The third-order valence-electron chi connectivity index (χ3n) is 3.18. The molecule has 0 amide bonds. The van der Waals surface area contributed by atoms with E-state index >= 15 is 0 Å². The summed E-state index contributed by atoms with van der Waals surface area (Å²) in [7, 11) is 0. The maximum Gasteiger partial charge on any atom is 0.123 e. The summed E-state index contributed by atoms with van der Waals surface area (Å²) in [5, 5.41) is 0. The Morgan fingerprint density at radius 2 is 1.82 bits per heavy atom. The lowest BCUT2D eigenvalue weighted by molar-refractivity contribution is 0.0272. The fourth-order valence-corrected chi connectivity index (χ4v) is 2.27. The molecule has 0 N–H and O–H groups in total. The van der Waals surface area contributed by atoms with E-state index in [2.05, 4.69) is 12.1 Å². The Morgan fingerprint density at radius 1 is 1.00 bits per heavy atom. The smallest absolute Gasteiger partial charge is 0.123 e. The minimum absolute atomic E-state index is 0.0272. The van der Waals surface area contributed by atoms with Crippen LogP contribution in [0.1, 0.15) is 22.8 Å². The van der Waals surface area contributed by atoms with Gasteiger partial charge in [0.05, 0.1) is 12.7 Å². The van der Waals surface area contributed by atoms with Crippen LogP contribution in [0, 0.1) is 5.82 Å². The van der Waals surface area contributed by atoms with E-state index in [9.17, 15) is 4.39 Å². The number of benzene rings is 2. The van der Waals surface area contributed by atoms with Gasteiger partial charge >= 0.3 is 0 Å². The van der Waals surface area contributed by atoms with Crippen molar-refractivity contribution in [1.82, 2.24) is 0 Å². The standard InChI is InChI=1S/C15H13FO/c16-14-7-3-6-12(8-14)15-9-11-4-1-2-5-13(11)10-17-15/h1-8,15H,9-10H2. The predicted octanol–water partition coefficient (Wildman–Crippen LogP) is 3.64. The van der Waals surface area contributed by atoms with E-state index in [1.54, 1.807) is 12.1 Å². The van der Waals surface area contributed by atoms with Gasteiger partial charge in [0.15, 0.2) is 0 Å². The van der Waals surface area contributed by atoms with Crippen molar-refractivity contribution in [3.8, 4) is 0 Å². The van der Waals surface area contributed by atoms with Gasteiger partial charge in [0.25, 0.3) is 0 Å². The third-order valence-corrected chi connectivity index (χ3v) is 3.18. The van der Waals surface area contributed by atoms with Crippen LogP contribution in [0.25, 0.3) is 0 Å². The quantitative estimate of drug-likeness (QED) is 0.724. The van der Waals surface area contributed by atoms with E-state index in [0.717, 1.165) is 12.0 Å². The Bertz CT molecular complexity index is 536. The van der Waals surface area contributed by atoms with Crippen molar-refractivity contribution in [3.63, 3.8) is 0 Å². The highest BCUT2D eigenvalue weighted by atomic mass is 19.1. The molecule has 1 atom stereocenters. The Balaban J connectivity index is 1.89. The van der Waals surface area contributed by atoms with Gasteiger partial charge in [-0.05, 0) is 28.8 Å². The monoisotopic (exact) mass is 228 g/mol. The second kappa shape index (κ2) is 4.30. The summed E-state index contributed by atoms with van der Waals surface area (Å²) in [6.07, 6.45) is 0.792. The molecule has 2 aromatic rings. The third kappa shape index (κ3) is 2.08. The largest absolute Gasteiger partial charge is 0.368 e. The molecular weight excluding hydrogens is 215 g/mol. The average Bonchev–Trinajstić information content (AvgIpc) is 2.38. The average molecular weight is 228 g/mol. The minimum Gasteiger partial charge on any atom is -0.368 e. The van der Waals surface area contributed by atoms with E-state index < -0.39 is 0 Å². The van der Waals surface area contributed by atoms with Crippen LogP contribution in [0.4, 0.5) is 4.39 Å². The highest BCUT2D eigenvalue weighted by molar-refractivity contribution is 5.31. The van der Waals surface area contributed by atoms with Crippen molar-refractivity contribution >= 4 is 0 Å². The number of rotatable bonds is 1. The lowest BCUT2D eigenvalue weighted by atomic mass is 9.95. The van der Waals surface area contributed by atoms with Crippen molar-refractivity contribution in [2.24, 2.45) is 0 Å². The first-order chi connectivity index (χ1) is 8.33. The van der Waals surface area contributed by atoms with Gasteiger partial charge in [0.2, 0.25) is 0 Å². The van der Waals surface area contributed by atoms with E-state index in [-0.39, 0.29) is 11.9 Å². The van der Waals surface area contributed by atoms with Gasteiger partial charge in [0, 0.05) is 6.42 Å². The molecule has 0 fully saturated rings. The summed E-state index contributed by atoms with van der Waals surface area (Å²) in [5.41, 5.74) is 3.45. The van der Waals surface area contributed by atoms with Crippen LogP contribution in [-0.2, 0) is 17.8 Å².